The van der Waals surface area contributed by atoms with E-state index in [2.05, 4.69) is 30.1 Å². The van der Waals surface area contributed by atoms with E-state index in [-0.39, 0.29) is 0 Å². The zero-order valence-corrected chi connectivity index (χ0v) is 11.1. The molecule has 0 spiro atoms. The van der Waals surface area contributed by atoms with E-state index >= 15 is 0 Å². The molecular formula is C14H28N2. The monoisotopic (exact) mass is 224 g/mol. The Hall–Kier alpha value is -0.340. The largest absolute Gasteiger partial charge is 0.317 e. The fraction of sp³-hybridized carbons (Fsp3) is 0.857. The van der Waals surface area contributed by atoms with Crippen molar-refractivity contribution in [3.05, 3.63) is 11.6 Å². The Morgan fingerprint density at radius 2 is 2.06 bits per heavy atom. The van der Waals surface area contributed by atoms with Crippen LogP contribution >= 0.6 is 0 Å². The van der Waals surface area contributed by atoms with Crippen molar-refractivity contribution in [2.75, 3.05) is 32.7 Å². The standard InChI is InChI=1S/C14H28N2/c1-3-15-10-6-4-5-7-11-16-12-8-9-14(2)13-16/h9,15H,3-8,10-13H2,1-2H3. The number of rotatable bonds is 8. The van der Waals surface area contributed by atoms with Crippen LogP contribution < -0.4 is 5.32 Å². The second-order valence-corrected chi connectivity index (χ2v) is 4.88. The first-order chi connectivity index (χ1) is 7.83. The first-order valence-electron chi connectivity index (χ1n) is 6.91. The number of unbranched alkanes of at least 4 members (excludes halogenated alkanes) is 3. The third kappa shape index (κ3) is 6.29. The summed E-state index contributed by atoms with van der Waals surface area (Å²) in [6.45, 7) is 10.5. The SMILES string of the molecule is CCNCCCCCCN1CCC=C(C)C1. The predicted octanol–water partition coefficient (Wildman–Crippen LogP) is 2.81. The Morgan fingerprint density at radius 3 is 2.81 bits per heavy atom. The lowest BCUT2D eigenvalue weighted by molar-refractivity contribution is 0.282. The lowest BCUT2D eigenvalue weighted by Gasteiger charge is -2.25. The third-order valence-corrected chi connectivity index (χ3v) is 3.24. The van der Waals surface area contributed by atoms with Gasteiger partial charge < -0.3 is 5.32 Å². The van der Waals surface area contributed by atoms with Crippen LogP contribution in [-0.2, 0) is 0 Å². The number of nitrogens with zero attached hydrogens (tertiary/aromatic N) is 1. The molecule has 1 aliphatic heterocycles. The second-order valence-electron chi connectivity index (χ2n) is 4.88. The van der Waals surface area contributed by atoms with Crippen LogP contribution in [0.25, 0.3) is 0 Å². The molecule has 0 saturated heterocycles. The van der Waals surface area contributed by atoms with Gasteiger partial charge in [-0.15, -0.1) is 0 Å². The number of hydrogen-bond acceptors (Lipinski definition) is 2. The van der Waals surface area contributed by atoms with Crippen LogP contribution in [0.15, 0.2) is 11.6 Å². The van der Waals surface area contributed by atoms with Gasteiger partial charge in [-0.1, -0.05) is 31.4 Å². The lowest BCUT2D eigenvalue weighted by atomic mass is 10.1. The van der Waals surface area contributed by atoms with Gasteiger partial charge in [0.15, 0.2) is 0 Å². The van der Waals surface area contributed by atoms with Gasteiger partial charge >= 0.3 is 0 Å². The van der Waals surface area contributed by atoms with Crippen molar-refractivity contribution in [3.63, 3.8) is 0 Å². The number of hydrogen-bond donors (Lipinski definition) is 1. The van der Waals surface area contributed by atoms with Crippen molar-refractivity contribution in [1.29, 1.82) is 0 Å². The highest BCUT2D eigenvalue weighted by Crippen LogP contribution is 2.10. The summed E-state index contributed by atoms with van der Waals surface area (Å²) in [5.74, 6) is 0. The molecular weight excluding hydrogens is 196 g/mol. The molecule has 0 atom stereocenters. The van der Waals surface area contributed by atoms with E-state index in [1.807, 2.05) is 0 Å². The summed E-state index contributed by atoms with van der Waals surface area (Å²) in [5.41, 5.74) is 1.55. The Balaban J connectivity index is 1.89. The maximum atomic E-state index is 3.38. The predicted molar refractivity (Wildman–Crippen MR) is 71.8 cm³/mol. The minimum absolute atomic E-state index is 1.11. The van der Waals surface area contributed by atoms with Gasteiger partial charge in [-0.25, -0.2) is 0 Å². The van der Waals surface area contributed by atoms with E-state index in [9.17, 15) is 0 Å². The van der Waals surface area contributed by atoms with Crippen LogP contribution in [0, 0.1) is 0 Å². The Kier molecular flexibility index (Phi) is 7.52. The van der Waals surface area contributed by atoms with Crippen molar-refractivity contribution < 1.29 is 0 Å². The fourth-order valence-electron chi connectivity index (χ4n) is 2.30. The molecule has 2 heteroatoms. The van der Waals surface area contributed by atoms with Gasteiger partial charge in [0.05, 0.1) is 0 Å². The minimum atomic E-state index is 1.11. The maximum Gasteiger partial charge on any atom is 0.0190 e. The maximum absolute atomic E-state index is 3.38. The molecule has 0 unspecified atom stereocenters. The molecule has 1 aliphatic rings. The van der Waals surface area contributed by atoms with E-state index in [1.54, 1.807) is 5.57 Å². The van der Waals surface area contributed by atoms with Crippen molar-refractivity contribution in [2.45, 2.75) is 46.0 Å². The summed E-state index contributed by atoms with van der Waals surface area (Å²) < 4.78 is 0. The van der Waals surface area contributed by atoms with Gasteiger partial charge in [0.1, 0.15) is 0 Å². The van der Waals surface area contributed by atoms with E-state index in [1.165, 1.54) is 58.3 Å². The Bertz CT molecular complexity index is 199. The molecule has 1 rings (SSSR count). The highest BCUT2D eigenvalue weighted by atomic mass is 15.1. The van der Waals surface area contributed by atoms with Crippen LogP contribution in [0.3, 0.4) is 0 Å². The van der Waals surface area contributed by atoms with E-state index in [0.717, 1.165) is 6.54 Å². The van der Waals surface area contributed by atoms with Crippen molar-refractivity contribution in [1.82, 2.24) is 10.2 Å². The van der Waals surface area contributed by atoms with Crippen LogP contribution in [0.4, 0.5) is 0 Å². The zero-order valence-electron chi connectivity index (χ0n) is 11.1. The molecule has 94 valence electrons. The van der Waals surface area contributed by atoms with Gasteiger partial charge in [0, 0.05) is 13.1 Å². The molecule has 0 amide bonds. The molecule has 2 nitrogen and oxygen atoms in total. The summed E-state index contributed by atoms with van der Waals surface area (Å²) in [6, 6.07) is 0. The molecule has 0 fully saturated rings. The van der Waals surface area contributed by atoms with E-state index in [0.29, 0.717) is 0 Å². The van der Waals surface area contributed by atoms with Gasteiger partial charge in [-0.05, 0) is 45.8 Å². The average molecular weight is 224 g/mol. The highest BCUT2D eigenvalue weighted by Gasteiger charge is 2.08. The average Bonchev–Trinajstić information content (AvgIpc) is 2.28. The van der Waals surface area contributed by atoms with Crippen molar-refractivity contribution >= 4 is 0 Å². The van der Waals surface area contributed by atoms with Crippen molar-refractivity contribution in [3.8, 4) is 0 Å². The van der Waals surface area contributed by atoms with Crippen LogP contribution in [-0.4, -0.2) is 37.6 Å². The first kappa shape index (κ1) is 13.7. The van der Waals surface area contributed by atoms with Gasteiger partial charge in [-0.3, -0.25) is 4.90 Å². The molecule has 0 radical (unpaired) electrons. The topological polar surface area (TPSA) is 15.3 Å². The minimum Gasteiger partial charge on any atom is -0.317 e. The summed E-state index contributed by atoms with van der Waals surface area (Å²) in [5, 5.41) is 3.38. The molecule has 0 aromatic heterocycles. The Labute approximate surface area is 101 Å². The first-order valence-corrected chi connectivity index (χ1v) is 6.91. The summed E-state index contributed by atoms with van der Waals surface area (Å²) in [6.07, 6.45) is 9.13. The third-order valence-electron chi connectivity index (χ3n) is 3.24. The fourth-order valence-corrected chi connectivity index (χ4v) is 2.30. The zero-order chi connectivity index (χ0) is 11.6. The van der Waals surface area contributed by atoms with Crippen LogP contribution in [0.1, 0.15) is 46.0 Å². The van der Waals surface area contributed by atoms with E-state index in [4.69, 9.17) is 0 Å². The quantitative estimate of drug-likeness (QED) is 0.504. The lowest BCUT2D eigenvalue weighted by Crippen LogP contribution is -2.30. The van der Waals surface area contributed by atoms with Crippen LogP contribution in [0.5, 0.6) is 0 Å². The molecule has 1 heterocycles. The highest BCUT2D eigenvalue weighted by molar-refractivity contribution is 5.04. The number of nitrogens with one attached hydrogen (secondary N) is 1. The molecule has 0 aromatic rings. The normalized spacial score (nSPS) is 17.5. The summed E-state index contributed by atoms with van der Waals surface area (Å²) >= 11 is 0. The van der Waals surface area contributed by atoms with Gasteiger partial charge in [0.2, 0.25) is 0 Å². The summed E-state index contributed by atoms with van der Waals surface area (Å²) in [7, 11) is 0. The molecule has 0 saturated carbocycles. The van der Waals surface area contributed by atoms with Gasteiger partial charge in [0.25, 0.3) is 0 Å². The molecule has 0 bridgehead atoms. The smallest absolute Gasteiger partial charge is 0.0190 e. The molecule has 0 aliphatic carbocycles. The van der Waals surface area contributed by atoms with Crippen LogP contribution in [0.2, 0.25) is 0 Å². The summed E-state index contributed by atoms with van der Waals surface area (Å²) in [4.78, 5) is 2.60. The van der Waals surface area contributed by atoms with Crippen molar-refractivity contribution in [2.24, 2.45) is 0 Å². The molecule has 0 aromatic carbocycles. The van der Waals surface area contributed by atoms with E-state index < -0.39 is 0 Å². The molecule has 1 N–H and O–H groups in total. The Morgan fingerprint density at radius 1 is 1.25 bits per heavy atom. The van der Waals surface area contributed by atoms with Gasteiger partial charge in [-0.2, -0.15) is 0 Å². The molecule has 16 heavy (non-hydrogen) atoms. The second kappa shape index (κ2) is 8.77.